The molecule has 1 N–H and O–H groups in total. The van der Waals surface area contributed by atoms with Crippen LogP contribution in [-0.2, 0) is 19.1 Å². The first-order valence-electron chi connectivity index (χ1n) is 9.75. The summed E-state index contributed by atoms with van der Waals surface area (Å²) in [6.45, 7) is 4.35. The van der Waals surface area contributed by atoms with Gasteiger partial charge in [0.2, 0.25) is 0 Å². The normalized spacial score (nSPS) is 27.3. The standard InChI is InChI=1S/C21H27ClFNO4/c1-10(2)28-21(26)15-11(3)24-14(9-23)17(20(25)27-4)18(15)16-12-5-7-13(8-6-12)19(16)22/h10,12-13,18,24H,5-9H2,1-4H3. The summed E-state index contributed by atoms with van der Waals surface area (Å²) in [4.78, 5) is 25.7. The molecule has 0 amide bonds. The first kappa shape index (κ1) is 20.9. The molecule has 2 bridgehead atoms. The average Bonchev–Trinajstić information content (AvgIpc) is 2.66. The Morgan fingerprint density at radius 1 is 1.14 bits per heavy atom. The maximum atomic E-state index is 13.8. The molecule has 28 heavy (non-hydrogen) atoms. The summed E-state index contributed by atoms with van der Waals surface area (Å²) in [7, 11) is 1.25. The van der Waals surface area contributed by atoms with Gasteiger partial charge in [-0.3, -0.25) is 0 Å². The molecule has 4 rings (SSSR count). The SMILES string of the molecule is COC(=O)C1=C(CF)NC(C)=C(C(=O)OC(C)C)C1C1=C(Cl)C2CCC1CC2. The Morgan fingerprint density at radius 3 is 2.25 bits per heavy atom. The van der Waals surface area contributed by atoms with Crippen LogP contribution in [0.3, 0.4) is 0 Å². The van der Waals surface area contributed by atoms with Crippen LogP contribution in [0.15, 0.2) is 33.1 Å². The highest BCUT2D eigenvalue weighted by molar-refractivity contribution is 6.30. The van der Waals surface area contributed by atoms with Crippen LogP contribution in [0.5, 0.6) is 0 Å². The first-order chi connectivity index (χ1) is 13.3. The number of hydrogen-bond acceptors (Lipinski definition) is 5. The van der Waals surface area contributed by atoms with E-state index in [9.17, 15) is 14.0 Å². The van der Waals surface area contributed by atoms with E-state index in [0.717, 1.165) is 31.3 Å². The molecule has 1 atom stereocenters. The van der Waals surface area contributed by atoms with Crippen LogP contribution in [0.2, 0.25) is 0 Å². The van der Waals surface area contributed by atoms with E-state index >= 15 is 0 Å². The smallest absolute Gasteiger partial charge is 0.336 e. The topological polar surface area (TPSA) is 64.6 Å². The third kappa shape index (κ3) is 3.59. The second-order valence-corrected chi connectivity index (χ2v) is 8.33. The van der Waals surface area contributed by atoms with Crippen LogP contribution in [0.4, 0.5) is 4.39 Å². The van der Waals surface area contributed by atoms with Crippen molar-refractivity contribution in [3.8, 4) is 0 Å². The Morgan fingerprint density at radius 2 is 1.75 bits per heavy atom. The molecule has 1 saturated carbocycles. The van der Waals surface area contributed by atoms with E-state index < -0.39 is 24.5 Å². The fourth-order valence-electron chi connectivity index (χ4n) is 4.67. The van der Waals surface area contributed by atoms with Gasteiger partial charge in [-0.05, 0) is 63.9 Å². The Kier molecular flexibility index (Phi) is 6.18. The van der Waals surface area contributed by atoms with Crippen molar-refractivity contribution in [3.05, 3.63) is 33.1 Å². The zero-order valence-corrected chi connectivity index (χ0v) is 17.5. The van der Waals surface area contributed by atoms with E-state index in [4.69, 9.17) is 21.1 Å². The molecule has 0 aromatic rings. The lowest BCUT2D eigenvalue weighted by molar-refractivity contribution is -0.143. The number of alkyl halides is 1. The van der Waals surface area contributed by atoms with Crippen molar-refractivity contribution in [1.29, 1.82) is 0 Å². The van der Waals surface area contributed by atoms with E-state index in [1.807, 2.05) is 0 Å². The molecule has 1 fully saturated rings. The predicted octanol–water partition coefficient (Wildman–Crippen LogP) is 4.14. The van der Waals surface area contributed by atoms with E-state index in [2.05, 4.69) is 5.32 Å². The zero-order chi connectivity index (χ0) is 20.6. The van der Waals surface area contributed by atoms with Gasteiger partial charge in [-0.25, -0.2) is 14.0 Å². The molecule has 1 aliphatic heterocycles. The number of rotatable bonds is 5. The average molecular weight is 412 g/mol. The number of esters is 2. The van der Waals surface area contributed by atoms with Crippen LogP contribution in [0.25, 0.3) is 0 Å². The Hall–Kier alpha value is -1.82. The molecule has 0 saturated heterocycles. The minimum absolute atomic E-state index is 0.118. The Bertz CT molecular complexity index is 775. The van der Waals surface area contributed by atoms with Gasteiger partial charge in [-0.2, -0.15) is 0 Å². The van der Waals surface area contributed by atoms with Crippen molar-refractivity contribution >= 4 is 23.5 Å². The van der Waals surface area contributed by atoms with Gasteiger partial charge in [-0.1, -0.05) is 11.6 Å². The first-order valence-corrected chi connectivity index (χ1v) is 10.1. The molecular weight excluding hydrogens is 385 g/mol. The molecular formula is C21H27ClFNO4. The number of methoxy groups -OCH3 is 1. The minimum atomic E-state index is -0.871. The van der Waals surface area contributed by atoms with Gasteiger partial charge < -0.3 is 14.8 Å². The van der Waals surface area contributed by atoms with Gasteiger partial charge in [0.05, 0.1) is 30.1 Å². The quantitative estimate of drug-likeness (QED) is 0.689. The Labute approximate surface area is 170 Å². The number of fused-ring (bicyclic) bond motifs is 2. The van der Waals surface area contributed by atoms with Crippen LogP contribution in [0, 0.1) is 17.8 Å². The van der Waals surface area contributed by atoms with Crippen LogP contribution < -0.4 is 5.32 Å². The number of hydrogen-bond donors (Lipinski definition) is 1. The summed E-state index contributed by atoms with van der Waals surface area (Å²) in [6, 6.07) is 0. The molecule has 4 aliphatic rings. The van der Waals surface area contributed by atoms with Crippen LogP contribution in [0.1, 0.15) is 46.5 Å². The largest absolute Gasteiger partial charge is 0.466 e. The molecule has 154 valence electrons. The lowest BCUT2D eigenvalue weighted by atomic mass is 9.64. The van der Waals surface area contributed by atoms with Crippen molar-refractivity contribution in [3.63, 3.8) is 0 Å². The molecule has 0 aromatic heterocycles. The van der Waals surface area contributed by atoms with Crippen LogP contribution >= 0.6 is 11.6 Å². The highest BCUT2D eigenvalue weighted by Gasteiger charge is 2.46. The fraction of sp³-hybridized carbons (Fsp3) is 0.619. The van der Waals surface area contributed by atoms with E-state index in [1.165, 1.54) is 7.11 Å². The molecule has 1 heterocycles. The van der Waals surface area contributed by atoms with Crippen molar-refractivity contribution in [1.82, 2.24) is 5.32 Å². The highest BCUT2D eigenvalue weighted by Crippen LogP contribution is 2.53. The van der Waals surface area contributed by atoms with Gasteiger partial charge in [0.15, 0.2) is 0 Å². The third-order valence-electron chi connectivity index (χ3n) is 5.86. The lowest BCUT2D eigenvalue weighted by Gasteiger charge is -2.43. The summed E-state index contributed by atoms with van der Waals surface area (Å²) >= 11 is 6.76. The van der Waals surface area contributed by atoms with E-state index in [-0.39, 0.29) is 29.2 Å². The van der Waals surface area contributed by atoms with Crippen molar-refractivity contribution in [2.45, 2.75) is 52.6 Å². The van der Waals surface area contributed by atoms with Crippen molar-refractivity contribution in [2.75, 3.05) is 13.8 Å². The summed E-state index contributed by atoms with van der Waals surface area (Å²) in [5, 5.41) is 3.59. The second kappa shape index (κ2) is 8.27. The van der Waals surface area contributed by atoms with Gasteiger partial charge in [0.25, 0.3) is 0 Å². The third-order valence-corrected chi connectivity index (χ3v) is 6.39. The molecule has 0 aromatic carbocycles. The zero-order valence-electron chi connectivity index (χ0n) is 16.7. The highest BCUT2D eigenvalue weighted by atomic mass is 35.5. The van der Waals surface area contributed by atoms with Gasteiger partial charge in [0, 0.05) is 16.6 Å². The number of dihydropyridines is 1. The van der Waals surface area contributed by atoms with Gasteiger partial charge in [0.1, 0.15) is 6.67 Å². The van der Waals surface area contributed by atoms with E-state index in [0.29, 0.717) is 16.3 Å². The van der Waals surface area contributed by atoms with E-state index in [1.54, 1.807) is 20.8 Å². The minimum Gasteiger partial charge on any atom is -0.466 e. The molecule has 5 nitrogen and oxygen atoms in total. The monoisotopic (exact) mass is 411 g/mol. The number of halogens is 2. The Balaban J connectivity index is 2.20. The molecule has 7 heteroatoms. The number of ether oxygens (including phenoxy) is 2. The van der Waals surface area contributed by atoms with Gasteiger partial charge in [-0.15, -0.1) is 0 Å². The molecule has 0 spiro atoms. The van der Waals surface area contributed by atoms with Gasteiger partial charge >= 0.3 is 11.9 Å². The van der Waals surface area contributed by atoms with Crippen molar-refractivity contribution in [2.24, 2.45) is 17.8 Å². The molecule has 1 unspecified atom stereocenters. The molecule has 0 radical (unpaired) electrons. The number of nitrogens with one attached hydrogen (secondary N) is 1. The number of allylic oxidation sites excluding steroid dienone is 4. The maximum absolute atomic E-state index is 13.8. The molecule has 3 aliphatic carbocycles. The fourth-order valence-corrected chi connectivity index (χ4v) is 5.16. The summed E-state index contributed by atoms with van der Waals surface area (Å²) in [5.74, 6) is -1.54. The maximum Gasteiger partial charge on any atom is 0.336 e. The lowest BCUT2D eigenvalue weighted by Crippen LogP contribution is -2.39. The summed E-state index contributed by atoms with van der Waals surface area (Å²) in [6.07, 6.45) is 3.57. The summed E-state index contributed by atoms with van der Waals surface area (Å²) < 4.78 is 24.3. The summed E-state index contributed by atoms with van der Waals surface area (Å²) in [5.41, 5.74) is 1.88. The second-order valence-electron chi connectivity index (χ2n) is 7.92. The van der Waals surface area contributed by atoms with Crippen molar-refractivity contribution < 1.29 is 23.5 Å². The van der Waals surface area contributed by atoms with Crippen LogP contribution in [-0.4, -0.2) is 31.8 Å². The number of carbonyl (C=O) groups is 2. The predicted molar refractivity (Wildman–Crippen MR) is 104 cm³/mol. The number of carbonyl (C=O) groups excluding carboxylic acids is 2.